The Balaban J connectivity index is 1.90. The van der Waals surface area contributed by atoms with Gasteiger partial charge in [0.15, 0.2) is 11.9 Å². The summed E-state index contributed by atoms with van der Waals surface area (Å²) in [6.45, 7) is 12.2. The molecule has 0 aliphatic carbocycles. The van der Waals surface area contributed by atoms with Gasteiger partial charge in [-0.2, -0.15) is 9.78 Å². The molecule has 3 aromatic carbocycles. The lowest BCUT2D eigenvalue weighted by atomic mass is 9.96. The SMILES string of the molecule is CCOC(=O)[C@@H](C)Oc1ccc(Cl)cc1C=Nn1c(-c2cc(C(C)C)c(OCC)cc2C)nc2ccccc2c1=O. The summed E-state index contributed by atoms with van der Waals surface area (Å²) in [4.78, 5) is 30.9. The third kappa shape index (κ3) is 6.60. The first-order valence-corrected chi connectivity index (χ1v) is 14.0. The van der Waals surface area contributed by atoms with Gasteiger partial charge in [-0.15, -0.1) is 0 Å². The largest absolute Gasteiger partial charge is 0.494 e. The van der Waals surface area contributed by atoms with Crippen molar-refractivity contribution in [2.24, 2.45) is 5.10 Å². The zero-order valence-corrected chi connectivity index (χ0v) is 24.9. The minimum Gasteiger partial charge on any atom is -0.494 e. The highest BCUT2D eigenvalue weighted by Gasteiger charge is 2.20. The molecule has 1 atom stereocenters. The number of aromatic nitrogens is 2. The Labute approximate surface area is 244 Å². The van der Waals surface area contributed by atoms with E-state index in [0.29, 0.717) is 39.7 Å². The van der Waals surface area contributed by atoms with Gasteiger partial charge in [0.1, 0.15) is 11.5 Å². The Morgan fingerprint density at radius 3 is 2.51 bits per heavy atom. The van der Waals surface area contributed by atoms with E-state index in [2.05, 4.69) is 18.9 Å². The molecular weight excluding hydrogens is 542 g/mol. The molecular formula is C32H34ClN3O5. The van der Waals surface area contributed by atoms with Crippen LogP contribution in [-0.4, -0.2) is 41.2 Å². The van der Waals surface area contributed by atoms with Crippen LogP contribution in [-0.2, 0) is 9.53 Å². The quantitative estimate of drug-likeness (QED) is 0.153. The summed E-state index contributed by atoms with van der Waals surface area (Å²) in [5, 5.41) is 5.47. The summed E-state index contributed by atoms with van der Waals surface area (Å²) in [5.74, 6) is 1.23. The Morgan fingerprint density at radius 2 is 1.80 bits per heavy atom. The van der Waals surface area contributed by atoms with E-state index in [0.717, 1.165) is 22.4 Å². The highest BCUT2D eigenvalue weighted by molar-refractivity contribution is 6.30. The van der Waals surface area contributed by atoms with Crippen LogP contribution < -0.4 is 15.0 Å². The number of hydrogen-bond acceptors (Lipinski definition) is 7. The summed E-state index contributed by atoms with van der Waals surface area (Å²) in [6.07, 6.45) is 0.623. The lowest BCUT2D eigenvalue weighted by molar-refractivity contribution is -0.150. The maximum atomic E-state index is 13.8. The standard InChI is InChI=1S/C32H34ClN3O5/c1-7-39-29-15-20(5)26(17-25(29)19(3)4)30-35-27-12-10-9-11-24(27)31(37)36(30)34-18-22-16-23(33)13-14-28(22)41-21(6)32(38)40-8-2/h9-19,21H,7-8H2,1-6H3/t21-/m1/s1. The lowest BCUT2D eigenvalue weighted by Crippen LogP contribution is -2.26. The van der Waals surface area contributed by atoms with E-state index in [1.54, 1.807) is 50.2 Å². The molecule has 0 saturated heterocycles. The number of nitrogens with zero attached hydrogens (tertiary/aromatic N) is 3. The highest BCUT2D eigenvalue weighted by atomic mass is 35.5. The van der Waals surface area contributed by atoms with E-state index in [-0.39, 0.29) is 18.1 Å². The van der Waals surface area contributed by atoms with Gasteiger partial charge in [-0.05, 0) is 87.2 Å². The second kappa shape index (κ2) is 13.0. The van der Waals surface area contributed by atoms with Crippen molar-refractivity contribution in [3.63, 3.8) is 0 Å². The Bertz CT molecular complexity index is 1660. The van der Waals surface area contributed by atoms with Gasteiger partial charge in [0.2, 0.25) is 0 Å². The summed E-state index contributed by atoms with van der Waals surface area (Å²) >= 11 is 6.29. The average Bonchev–Trinajstić information content (AvgIpc) is 2.94. The number of benzene rings is 3. The van der Waals surface area contributed by atoms with Gasteiger partial charge in [0, 0.05) is 16.1 Å². The molecule has 0 fully saturated rings. The van der Waals surface area contributed by atoms with Crippen molar-refractivity contribution < 1.29 is 19.0 Å². The fourth-order valence-corrected chi connectivity index (χ4v) is 4.60. The van der Waals surface area contributed by atoms with E-state index >= 15 is 0 Å². The summed E-state index contributed by atoms with van der Waals surface area (Å²) in [6, 6.07) is 16.1. The van der Waals surface area contributed by atoms with Crippen molar-refractivity contribution in [2.75, 3.05) is 13.2 Å². The number of para-hydroxylation sites is 1. The third-order valence-corrected chi connectivity index (χ3v) is 6.71. The van der Waals surface area contributed by atoms with Crippen LogP contribution in [0.15, 0.2) is 64.5 Å². The lowest BCUT2D eigenvalue weighted by Gasteiger charge is -2.18. The van der Waals surface area contributed by atoms with Crippen LogP contribution in [0.2, 0.25) is 5.02 Å². The maximum absolute atomic E-state index is 13.8. The number of fused-ring (bicyclic) bond motifs is 1. The van der Waals surface area contributed by atoms with Crippen molar-refractivity contribution in [3.8, 4) is 22.9 Å². The molecule has 1 heterocycles. The zero-order chi connectivity index (χ0) is 29.7. The zero-order valence-electron chi connectivity index (χ0n) is 24.1. The highest BCUT2D eigenvalue weighted by Crippen LogP contribution is 2.34. The number of carbonyl (C=O) groups excluding carboxylic acids is 1. The molecule has 8 nitrogen and oxygen atoms in total. The van der Waals surface area contributed by atoms with Crippen molar-refractivity contribution in [3.05, 3.63) is 86.7 Å². The maximum Gasteiger partial charge on any atom is 0.347 e. The first-order chi connectivity index (χ1) is 19.6. The second-order valence-electron chi connectivity index (χ2n) is 9.80. The molecule has 214 valence electrons. The van der Waals surface area contributed by atoms with Crippen LogP contribution in [0.25, 0.3) is 22.3 Å². The van der Waals surface area contributed by atoms with Crippen LogP contribution >= 0.6 is 11.6 Å². The van der Waals surface area contributed by atoms with Gasteiger partial charge in [0.05, 0.1) is 30.3 Å². The molecule has 0 spiro atoms. The molecule has 0 bridgehead atoms. The van der Waals surface area contributed by atoms with E-state index in [9.17, 15) is 9.59 Å². The van der Waals surface area contributed by atoms with Gasteiger partial charge >= 0.3 is 5.97 Å². The van der Waals surface area contributed by atoms with Crippen LogP contribution in [0.4, 0.5) is 0 Å². The predicted octanol–water partition coefficient (Wildman–Crippen LogP) is 6.76. The smallest absolute Gasteiger partial charge is 0.347 e. The average molecular weight is 576 g/mol. The fraction of sp³-hybridized carbons (Fsp3) is 0.312. The van der Waals surface area contributed by atoms with Crippen LogP contribution in [0, 0.1) is 6.92 Å². The van der Waals surface area contributed by atoms with E-state index in [1.807, 2.05) is 32.0 Å². The molecule has 4 rings (SSSR count). The van der Waals surface area contributed by atoms with Gasteiger partial charge in [0.25, 0.3) is 5.56 Å². The number of carbonyl (C=O) groups is 1. The molecule has 0 aliphatic rings. The number of aryl methyl sites for hydroxylation is 1. The molecule has 0 N–H and O–H groups in total. The van der Waals surface area contributed by atoms with E-state index < -0.39 is 12.1 Å². The summed E-state index contributed by atoms with van der Waals surface area (Å²) in [5.41, 5.74) is 3.36. The molecule has 0 amide bonds. The van der Waals surface area contributed by atoms with Crippen molar-refractivity contribution >= 4 is 34.7 Å². The first kappa shape index (κ1) is 29.8. The Kier molecular flexibility index (Phi) is 9.45. The minimum absolute atomic E-state index is 0.174. The summed E-state index contributed by atoms with van der Waals surface area (Å²) < 4.78 is 18.1. The Hall–Kier alpha value is -4.17. The number of hydrogen-bond donors (Lipinski definition) is 0. The molecule has 0 radical (unpaired) electrons. The van der Waals surface area contributed by atoms with Gasteiger partial charge in [-0.3, -0.25) is 4.79 Å². The summed E-state index contributed by atoms with van der Waals surface area (Å²) in [7, 11) is 0. The van der Waals surface area contributed by atoms with E-state index in [1.165, 1.54) is 10.9 Å². The fourth-order valence-electron chi connectivity index (χ4n) is 4.42. The van der Waals surface area contributed by atoms with Crippen molar-refractivity contribution in [1.82, 2.24) is 9.66 Å². The van der Waals surface area contributed by atoms with Crippen LogP contribution in [0.5, 0.6) is 11.5 Å². The van der Waals surface area contributed by atoms with Gasteiger partial charge < -0.3 is 14.2 Å². The predicted molar refractivity (Wildman–Crippen MR) is 163 cm³/mol. The molecule has 0 unspecified atom stereocenters. The number of rotatable bonds is 10. The monoisotopic (exact) mass is 575 g/mol. The molecule has 41 heavy (non-hydrogen) atoms. The second-order valence-corrected chi connectivity index (χ2v) is 10.2. The van der Waals surface area contributed by atoms with Crippen molar-refractivity contribution in [1.29, 1.82) is 0 Å². The number of esters is 1. The topological polar surface area (TPSA) is 92.0 Å². The minimum atomic E-state index is -0.857. The number of ether oxygens (including phenoxy) is 3. The van der Waals surface area contributed by atoms with Crippen LogP contribution in [0.3, 0.4) is 0 Å². The van der Waals surface area contributed by atoms with Gasteiger partial charge in [-0.1, -0.05) is 37.6 Å². The van der Waals surface area contributed by atoms with E-state index in [4.69, 9.17) is 30.8 Å². The first-order valence-electron chi connectivity index (χ1n) is 13.6. The van der Waals surface area contributed by atoms with Crippen LogP contribution in [0.1, 0.15) is 57.2 Å². The van der Waals surface area contributed by atoms with Gasteiger partial charge in [-0.25, -0.2) is 9.78 Å². The normalized spacial score (nSPS) is 12.2. The van der Waals surface area contributed by atoms with Crippen molar-refractivity contribution in [2.45, 2.75) is 53.6 Å². The molecule has 0 saturated carbocycles. The molecule has 0 aliphatic heterocycles. The molecule has 9 heteroatoms. The number of halogens is 1. The Morgan fingerprint density at radius 1 is 1.05 bits per heavy atom. The molecule has 4 aromatic rings. The third-order valence-electron chi connectivity index (χ3n) is 6.48. The molecule has 1 aromatic heterocycles.